The van der Waals surface area contributed by atoms with Crippen LogP contribution < -0.4 is 4.74 Å². The minimum absolute atomic E-state index is 0.0942. The normalized spacial score (nSPS) is 11.8. The summed E-state index contributed by atoms with van der Waals surface area (Å²) in [4.78, 5) is 23.0. The molecule has 0 aliphatic carbocycles. The minimum Gasteiger partial charge on any atom is -0.493 e. The standard InChI is InChI=1S/C18H26O5/c1-4-9-23-16-8-7-13(11-15(16)12-17(19)20)10-14(5-2)18(21)22-6-3/h7-8,11,14H,4-6,9-10,12H2,1-3H3,(H,19,20). The van der Waals surface area contributed by atoms with E-state index in [9.17, 15) is 9.59 Å². The number of esters is 1. The van der Waals surface area contributed by atoms with Crippen LogP contribution in [-0.4, -0.2) is 30.3 Å². The third-order valence-electron chi connectivity index (χ3n) is 3.52. The molecular weight excluding hydrogens is 296 g/mol. The number of carbonyl (C=O) groups excluding carboxylic acids is 1. The summed E-state index contributed by atoms with van der Waals surface area (Å²) in [6.07, 6.45) is 1.98. The molecule has 1 unspecified atom stereocenters. The number of carboxylic acid groups (broad SMARTS) is 1. The quantitative estimate of drug-likeness (QED) is 0.670. The van der Waals surface area contributed by atoms with Gasteiger partial charge in [-0.15, -0.1) is 0 Å². The molecule has 1 atom stereocenters. The molecule has 0 spiro atoms. The van der Waals surface area contributed by atoms with Gasteiger partial charge >= 0.3 is 11.9 Å². The fraction of sp³-hybridized carbons (Fsp3) is 0.556. The molecule has 1 aromatic carbocycles. The lowest BCUT2D eigenvalue weighted by Gasteiger charge is -2.16. The Morgan fingerprint density at radius 1 is 1.22 bits per heavy atom. The lowest BCUT2D eigenvalue weighted by Crippen LogP contribution is -2.19. The smallest absolute Gasteiger partial charge is 0.309 e. The molecule has 0 amide bonds. The van der Waals surface area contributed by atoms with E-state index in [0.717, 1.165) is 12.0 Å². The van der Waals surface area contributed by atoms with Gasteiger partial charge in [0.15, 0.2) is 0 Å². The third kappa shape index (κ3) is 6.30. The SMILES string of the molecule is CCCOc1ccc(CC(CC)C(=O)OCC)cc1CC(=O)O. The molecule has 0 saturated heterocycles. The Morgan fingerprint density at radius 2 is 1.96 bits per heavy atom. The number of ether oxygens (including phenoxy) is 2. The average Bonchev–Trinajstić information content (AvgIpc) is 2.51. The predicted molar refractivity (Wildman–Crippen MR) is 87.7 cm³/mol. The summed E-state index contributed by atoms with van der Waals surface area (Å²) < 4.78 is 10.7. The van der Waals surface area contributed by atoms with E-state index in [4.69, 9.17) is 14.6 Å². The molecule has 23 heavy (non-hydrogen) atoms. The highest BCUT2D eigenvalue weighted by Crippen LogP contribution is 2.24. The number of carbonyl (C=O) groups is 2. The summed E-state index contributed by atoms with van der Waals surface area (Å²) in [6, 6.07) is 5.50. The minimum atomic E-state index is -0.902. The highest BCUT2D eigenvalue weighted by molar-refractivity contribution is 5.73. The molecule has 5 heteroatoms. The van der Waals surface area contributed by atoms with E-state index < -0.39 is 5.97 Å². The van der Waals surface area contributed by atoms with Gasteiger partial charge in [0.05, 0.1) is 25.6 Å². The monoisotopic (exact) mass is 322 g/mol. The van der Waals surface area contributed by atoms with Gasteiger partial charge in [0, 0.05) is 5.56 Å². The van der Waals surface area contributed by atoms with Crippen LogP contribution in [0.3, 0.4) is 0 Å². The molecule has 1 rings (SSSR count). The molecule has 0 aliphatic rings. The van der Waals surface area contributed by atoms with Crippen LogP contribution in [-0.2, 0) is 27.2 Å². The summed E-state index contributed by atoms with van der Waals surface area (Å²) >= 11 is 0. The largest absolute Gasteiger partial charge is 0.493 e. The fourth-order valence-electron chi connectivity index (χ4n) is 2.35. The number of benzene rings is 1. The maximum Gasteiger partial charge on any atom is 0.309 e. The molecule has 0 saturated carbocycles. The van der Waals surface area contributed by atoms with Gasteiger partial charge in [0.1, 0.15) is 5.75 Å². The van der Waals surface area contributed by atoms with Gasteiger partial charge in [0.25, 0.3) is 0 Å². The van der Waals surface area contributed by atoms with Crippen LogP contribution in [0, 0.1) is 5.92 Å². The number of hydrogen-bond donors (Lipinski definition) is 1. The van der Waals surface area contributed by atoms with E-state index in [1.807, 2.05) is 26.0 Å². The predicted octanol–water partition coefficient (Wildman–Crippen LogP) is 3.23. The van der Waals surface area contributed by atoms with Crippen molar-refractivity contribution in [1.82, 2.24) is 0 Å². The van der Waals surface area contributed by atoms with E-state index in [2.05, 4.69) is 0 Å². The Bertz CT molecular complexity index is 524. The van der Waals surface area contributed by atoms with Gasteiger partial charge in [-0.05, 0) is 37.8 Å². The summed E-state index contributed by atoms with van der Waals surface area (Å²) in [5, 5.41) is 9.06. The van der Waals surface area contributed by atoms with E-state index in [-0.39, 0.29) is 18.3 Å². The van der Waals surface area contributed by atoms with Crippen LogP contribution in [0.1, 0.15) is 44.7 Å². The second-order valence-corrected chi connectivity index (χ2v) is 5.42. The Hall–Kier alpha value is -2.04. The van der Waals surface area contributed by atoms with E-state index >= 15 is 0 Å². The van der Waals surface area contributed by atoms with Gasteiger partial charge in [-0.2, -0.15) is 0 Å². The first-order chi connectivity index (χ1) is 11.0. The zero-order valence-corrected chi connectivity index (χ0v) is 14.1. The van der Waals surface area contributed by atoms with Crippen molar-refractivity contribution in [2.45, 2.75) is 46.5 Å². The lowest BCUT2D eigenvalue weighted by atomic mass is 9.95. The van der Waals surface area contributed by atoms with Gasteiger partial charge < -0.3 is 14.6 Å². The zero-order chi connectivity index (χ0) is 17.2. The average molecular weight is 322 g/mol. The molecule has 5 nitrogen and oxygen atoms in total. The second kappa shape index (κ2) is 9.87. The number of hydrogen-bond acceptors (Lipinski definition) is 4. The Kier molecular flexibility index (Phi) is 8.16. The first kappa shape index (κ1) is 19.0. The molecule has 0 radical (unpaired) electrons. The zero-order valence-electron chi connectivity index (χ0n) is 14.1. The van der Waals surface area contributed by atoms with Crippen LogP contribution in [0.25, 0.3) is 0 Å². The topological polar surface area (TPSA) is 72.8 Å². The van der Waals surface area contributed by atoms with E-state index in [1.165, 1.54) is 0 Å². The van der Waals surface area contributed by atoms with Crippen molar-refractivity contribution in [2.24, 2.45) is 5.92 Å². The first-order valence-corrected chi connectivity index (χ1v) is 8.14. The van der Waals surface area contributed by atoms with Crippen molar-refractivity contribution in [3.63, 3.8) is 0 Å². The summed E-state index contributed by atoms with van der Waals surface area (Å²) in [7, 11) is 0. The van der Waals surface area contributed by atoms with Gasteiger partial charge in [-0.1, -0.05) is 26.0 Å². The molecule has 0 bridgehead atoms. The summed E-state index contributed by atoms with van der Waals surface area (Å²) in [6.45, 7) is 6.64. The van der Waals surface area contributed by atoms with E-state index in [1.54, 1.807) is 13.0 Å². The Balaban J connectivity index is 2.94. The van der Waals surface area contributed by atoms with Crippen molar-refractivity contribution < 1.29 is 24.2 Å². The Morgan fingerprint density at radius 3 is 2.52 bits per heavy atom. The van der Waals surface area contributed by atoms with Crippen LogP contribution in [0.5, 0.6) is 5.75 Å². The van der Waals surface area contributed by atoms with Crippen LogP contribution in [0.15, 0.2) is 18.2 Å². The van der Waals surface area contributed by atoms with Gasteiger partial charge in [-0.3, -0.25) is 9.59 Å². The molecule has 0 aromatic heterocycles. The molecular formula is C18H26O5. The van der Waals surface area contributed by atoms with Crippen molar-refractivity contribution in [1.29, 1.82) is 0 Å². The molecule has 128 valence electrons. The van der Waals surface area contributed by atoms with Crippen molar-refractivity contribution >= 4 is 11.9 Å². The maximum absolute atomic E-state index is 11.9. The molecule has 1 aromatic rings. The molecule has 1 N–H and O–H groups in total. The van der Waals surface area contributed by atoms with Crippen LogP contribution in [0.2, 0.25) is 0 Å². The lowest BCUT2D eigenvalue weighted by molar-refractivity contribution is -0.148. The van der Waals surface area contributed by atoms with E-state index in [0.29, 0.717) is 37.4 Å². The summed E-state index contributed by atoms with van der Waals surface area (Å²) in [5.74, 6) is -0.723. The summed E-state index contributed by atoms with van der Waals surface area (Å²) in [5.41, 5.74) is 1.56. The highest BCUT2D eigenvalue weighted by Gasteiger charge is 2.19. The van der Waals surface area contributed by atoms with Crippen LogP contribution in [0.4, 0.5) is 0 Å². The Labute approximate surface area is 137 Å². The van der Waals surface area contributed by atoms with Gasteiger partial charge in [-0.25, -0.2) is 0 Å². The molecule has 0 aliphatic heterocycles. The van der Waals surface area contributed by atoms with Crippen LogP contribution >= 0.6 is 0 Å². The molecule has 0 heterocycles. The third-order valence-corrected chi connectivity index (χ3v) is 3.52. The van der Waals surface area contributed by atoms with Gasteiger partial charge in [0.2, 0.25) is 0 Å². The van der Waals surface area contributed by atoms with Crippen molar-refractivity contribution in [2.75, 3.05) is 13.2 Å². The van der Waals surface area contributed by atoms with Crippen molar-refractivity contribution in [3.8, 4) is 5.75 Å². The second-order valence-electron chi connectivity index (χ2n) is 5.42. The number of rotatable bonds is 10. The fourth-order valence-corrected chi connectivity index (χ4v) is 2.35. The highest BCUT2D eigenvalue weighted by atomic mass is 16.5. The number of carboxylic acids is 1. The number of aliphatic carboxylic acids is 1. The molecule has 0 fully saturated rings. The van der Waals surface area contributed by atoms with Crippen molar-refractivity contribution in [3.05, 3.63) is 29.3 Å². The maximum atomic E-state index is 11.9. The first-order valence-electron chi connectivity index (χ1n) is 8.14.